The molecule has 0 radical (unpaired) electrons. The smallest absolute Gasteiger partial charge is 0.303 e. The van der Waals surface area contributed by atoms with Gasteiger partial charge in [-0.1, -0.05) is 0 Å². The molecule has 0 spiro atoms. The van der Waals surface area contributed by atoms with Crippen LogP contribution in [-0.2, 0) is 19.6 Å². The summed E-state index contributed by atoms with van der Waals surface area (Å²) in [6.45, 7) is 1.13. The maximum absolute atomic E-state index is 11.8. The van der Waals surface area contributed by atoms with Gasteiger partial charge in [0.25, 0.3) is 0 Å². The van der Waals surface area contributed by atoms with E-state index in [9.17, 15) is 13.2 Å². The molecule has 1 saturated heterocycles. The zero-order valence-corrected chi connectivity index (χ0v) is 10.8. The van der Waals surface area contributed by atoms with E-state index in [4.69, 9.17) is 9.84 Å². The molecule has 1 aliphatic rings. The number of aliphatic carboxylic acids is 1. The molecule has 0 aliphatic carbocycles. The summed E-state index contributed by atoms with van der Waals surface area (Å²) in [5.74, 6) is -0.663. The first kappa shape index (κ1) is 14.4. The second kappa shape index (κ2) is 6.32. The van der Waals surface area contributed by atoms with E-state index in [0.29, 0.717) is 19.5 Å². The topological polar surface area (TPSA) is 83.9 Å². The Hall–Kier alpha value is -0.660. The lowest BCUT2D eigenvalue weighted by Gasteiger charge is -2.16. The molecule has 1 fully saturated rings. The van der Waals surface area contributed by atoms with Gasteiger partial charge in [-0.05, 0) is 18.8 Å². The van der Waals surface area contributed by atoms with Crippen LogP contribution < -0.4 is 0 Å². The summed E-state index contributed by atoms with van der Waals surface area (Å²) in [5, 5.41) is 8.57. The molecule has 0 aromatic heterocycles. The van der Waals surface area contributed by atoms with E-state index < -0.39 is 16.0 Å². The molecule has 1 atom stereocenters. The van der Waals surface area contributed by atoms with Crippen molar-refractivity contribution in [3.8, 4) is 0 Å². The van der Waals surface area contributed by atoms with E-state index in [-0.39, 0.29) is 24.7 Å². The van der Waals surface area contributed by atoms with Gasteiger partial charge in [0, 0.05) is 26.6 Å². The maximum Gasteiger partial charge on any atom is 0.303 e. The quantitative estimate of drug-likeness (QED) is 0.708. The van der Waals surface area contributed by atoms with Gasteiger partial charge in [0.2, 0.25) is 10.0 Å². The summed E-state index contributed by atoms with van der Waals surface area (Å²) in [6, 6.07) is 0. The van der Waals surface area contributed by atoms with Crippen molar-refractivity contribution >= 4 is 16.0 Å². The van der Waals surface area contributed by atoms with Crippen LogP contribution in [-0.4, -0.2) is 56.4 Å². The highest BCUT2D eigenvalue weighted by molar-refractivity contribution is 7.89. The van der Waals surface area contributed by atoms with Crippen LogP contribution in [0.4, 0.5) is 0 Å². The minimum atomic E-state index is -3.23. The van der Waals surface area contributed by atoms with Crippen LogP contribution in [0.15, 0.2) is 0 Å². The fraction of sp³-hybridized carbons (Fsp3) is 0.900. The Kier molecular flexibility index (Phi) is 5.35. The lowest BCUT2D eigenvalue weighted by molar-refractivity contribution is -0.137. The fourth-order valence-electron chi connectivity index (χ4n) is 1.93. The number of methoxy groups -OCH3 is 1. The molecule has 6 nitrogen and oxygen atoms in total. The van der Waals surface area contributed by atoms with Gasteiger partial charge >= 0.3 is 5.97 Å². The van der Waals surface area contributed by atoms with Crippen LogP contribution >= 0.6 is 0 Å². The predicted octanol–water partition coefficient (Wildman–Crippen LogP) is 0.149. The molecular weight excluding hydrogens is 246 g/mol. The first-order valence-electron chi connectivity index (χ1n) is 5.64. The molecule has 1 N–H and O–H groups in total. The van der Waals surface area contributed by atoms with Gasteiger partial charge in [-0.25, -0.2) is 12.7 Å². The van der Waals surface area contributed by atoms with Crippen molar-refractivity contribution in [2.45, 2.75) is 19.3 Å². The molecule has 17 heavy (non-hydrogen) atoms. The van der Waals surface area contributed by atoms with Gasteiger partial charge in [-0.15, -0.1) is 0 Å². The summed E-state index contributed by atoms with van der Waals surface area (Å²) < 4.78 is 29.8. The SMILES string of the molecule is COCCS(=O)(=O)N1CCC(CCC(=O)O)C1. The van der Waals surface area contributed by atoms with Crippen molar-refractivity contribution in [3.05, 3.63) is 0 Å². The zero-order chi connectivity index (χ0) is 12.9. The lowest BCUT2D eigenvalue weighted by atomic mass is 10.0. The first-order valence-corrected chi connectivity index (χ1v) is 7.25. The standard InChI is InChI=1S/C10H19NO5S/c1-16-6-7-17(14,15)11-5-4-9(8-11)2-3-10(12)13/h9H,2-8H2,1H3,(H,12,13). The van der Waals surface area contributed by atoms with Crippen molar-refractivity contribution in [2.24, 2.45) is 5.92 Å². The van der Waals surface area contributed by atoms with Gasteiger partial charge in [-0.2, -0.15) is 0 Å². The van der Waals surface area contributed by atoms with Crippen LogP contribution in [0.1, 0.15) is 19.3 Å². The number of carboxylic acids is 1. The molecule has 0 saturated carbocycles. The molecule has 0 bridgehead atoms. The molecule has 1 heterocycles. The highest BCUT2D eigenvalue weighted by Gasteiger charge is 2.30. The average molecular weight is 265 g/mol. The number of rotatable bonds is 7. The van der Waals surface area contributed by atoms with Crippen LogP contribution in [0.25, 0.3) is 0 Å². The summed E-state index contributed by atoms with van der Waals surface area (Å²) >= 11 is 0. The summed E-state index contributed by atoms with van der Waals surface area (Å²) in [4.78, 5) is 10.4. The number of carboxylic acid groups (broad SMARTS) is 1. The number of carbonyl (C=O) groups is 1. The van der Waals surface area contributed by atoms with E-state index in [1.807, 2.05) is 0 Å². The molecule has 1 aliphatic heterocycles. The van der Waals surface area contributed by atoms with E-state index in [1.54, 1.807) is 0 Å². The Morgan fingerprint density at radius 2 is 2.24 bits per heavy atom. The van der Waals surface area contributed by atoms with Crippen LogP contribution in [0, 0.1) is 5.92 Å². The molecule has 7 heteroatoms. The van der Waals surface area contributed by atoms with Gasteiger partial charge in [0.05, 0.1) is 12.4 Å². The Morgan fingerprint density at radius 3 is 2.82 bits per heavy atom. The van der Waals surface area contributed by atoms with Crippen molar-refractivity contribution in [1.82, 2.24) is 4.31 Å². The van der Waals surface area contributed by atoms with E-state index in [1.165, 1.54) is 11.4 Å². The third kappa shape index (κ3) is 4.61. The van der Waals surface area contributed by atoms with Gasteiger partial charge < -0.3 is 9.84 Å². The molecule has 1 unspecified atom stereocenters. The minimum Gasteiger partial charge on any atom is -0.481 e. The highest BCUT2D eigenvalue weighted by atomic mass is 32.2. The third-order valence-electron chi connectivity index (χ3n) is 2.95. The number of ether oxygens (including phenoxy) is 1. The van der Waals surface area contributed by atoms with Crippen molar-refractivity contribution in [3.63, 3.8) is 0 Å². The fourth-order valence-corrected chi connectivity index (χ4v) is 3.39. The van der Waals surface area contributed by atoms with Gasteiger partial charge in [0.15, 0.2) is 0 Å². The van der Waals surface area contributed by atoms with Crippen LogP contribution in [0.3, 0.4) is 0 Å². The minimum absolute atomic E-state index is 0.00481. The third-order valence-corrected chi connectivity index (χ3v) is 4.75. The summed E-state index contributed by atoms with van der Waals surface area (Å²) in [7, 11) is -1.77. The lowest BCUT2D eigenvalue weighted by Crippen LogP contribution is -2.32. The number of nitrogens with zero attached hydrogens (tertiary/aromatic N) is 1. The van der Waals surface area contributed by atoms with Gasteiger partial charge in [-0.3, -0.25) is 4.79 Å². The largest absolute Gasteiger partial charge is 0.481 e. The molecule has 0 amide bonds. The molecular formula is C10H19NO5S. The second-order valence-corrected chi connectivity index (χ2v) is 6.34. The van der Waals surface area contributed by atoms with Crippen LogP contribution in [0.2, 0.25) is 0 Å². The maximum atomic E-state index is 11.8. The van der Waals surface area contributed by atoms with Gasteiger partial charge in [0.1, 0.15) is 0 Å². The van der Waals surface area contributed by atoms with Crippen molar-refractivity contribution < 1.29 is 23.1 Å². The molecule has 100 valence electrons. The summed E-state index contributed by atoms with van der Waals surface area (Å²) in [6.07, 6.45) is 1.40. The van der Waals surface area contributed by atoms with Crippen molar-refractivity contribution in [2.75, 3.05) is 32.6 Å². The van der Waals surface area contributed by atoms with E-state index >= 15 is 0 Å². The Morgan fingerprint density at radius 1 is 1.53 bits per heavy atom. The van der Waals surface area contributed by atoms with E-state index in [2.05, 4.69) is 0 Å². The summed E-state index contributed by atoms with van der Waals surface area (Å²) in [5.41, 5.74) is 0. The molecule has 0 aromatic carbocycles. The normalized spacial score (nSPS) is 21.8. The predicted molar refractivity (Wildman–Crippen MR) is 62.2 cm³/mol. The van der Waals surface area contributed by atoms with Crippen LogP contribution in [0.5, 0.6) is 0 Å². The average Bonchev–Trinajstić information content (AvgIpc) is 2.73. The number of hydrogen-bond acceptors (Lipinski definition) is 4. The monoisotopic (exact) mass is 265 g/mol. The molecule has 0 aromatic rings. The second-order valence-electron chi connectivity index (χ2n) is 4.25. The first-order chi connectivity index (χ1) is 7.95. The Bertz CT molecular complexity index is 354. The highest BCUT2D eigenvalue weighted by Crippen LogP contribution is 2.23. The Balaban J connectivity index is 2.41. The number of sulfonamides is 1. The Labute approximate surface area is 102 Å². The van der Waals surface area contributed by atoms with Crippen molar-refractivity contribution in [1.29, 1.82) is 0 Å². The molecule has 1 rings (SSSR count). The van der Waals surface area contributed by atoms with E-state index in [0.717, 1.165) is 6.42 Å². The number of hydrogen-bond donors (Lipinski definition) is 1. The zero-order valence-electron chi connectivity index (χ0n) is 9.96.